The van der Waals surface area contributed by atoms with Crippen LogP contribution in [-0.4, -0.2) is 48.3 Å². The molecule has 104 valence electrons. The number of methoxy groups -OCH3 is 1. The van der Waals surface area contributed by atoms with Gasteiger partial charge < -0.3 is 15.7 Å². The maximum Gasteiger partial charge on any atom is 0.143 e. The van der Waals surface area contributed by atoms with Crippen LogP contribution in [0.5, 0.6) is 0 Å². The smallest absolute Gasteiger partial charge is 0.143 e. The van der Waals surface area contributed by atoms with Crippen molar-refractivity contribution in [2.45, 2.75) is 50.7 Å². The Balaban J connectivity index is 1.92. The number of hydrogen-bond donors (Lipinski definition) is 2. The summed E-state index contributed by atoms with van der Waals surface area (Å²) in [5.74, 6) is 0.602. The van der Waals surface area contributed by atoms with Gasteiger partial charge in [0.25, 0.3) is 0 Å². The van der Waals surface area contributed by atoms with Crippen LogP contribution in [0.4, 0.5) is 0 Å². The lowest BCUT2D eigenvalue weighted by atomic mass is 9.88. The van der Waals surface area contributed by atoms with E-state index >= 15 is 0 Å². The Hall–Kier alpha value is -0.810. The highest BCUT2D eigenvalue weighted by Crippen LogP contribution is 2.28. The van der Waals surface area contributed by atoms with Gasteiger partial charge in [0.2, 0.25) is 0 Å². The van der Waals surface area contributed by atoms with Crippen LogP contribution < -0.4 is 5.73 Å². The molecule has 1 aliphatic carbocycles. The van der Waals surface area contributed by atoms with Gasteiger partial charge in [-0.3, -0.25) is 4.90 Å². The molecule has 5 heteroatoms. The lowest BCUT2D eigenvalue weighted by molar-refractivity contribution is 0.0191. The van der Waals surface area contributed by atoms with Crippen molar-refractivity contribution >= 4 is 5.84 Å². The first-order chi connectivity index (χ1) is 8.74. The minimum absolute atomic E-state index is 0.215. The van der Waals surface area contributed by atoms with Gasteiger partial charge in [0.1, 0.15) is 5.84 Å². The quantitative estimate of drug-likeness (QED) is 0.346. The van der Waals surface area contributed by atoms with Gasteiger partial charge in [0.05, 0.1) is 6.10 Å². The molecule has 3 atom stereocenters. The topological polar surface area (TPSA) is 71.1 Å². The molecule has 0 aromatic carbocycles. The van der Waals surface area contributed by atoms with E-state index in [2.05, 4.69) is 10.1 Å². The van der Waals surface area contributed by atoms with Crippen LogP contribution in [0.15, 0.2) is 5.16 Å². The summed E-state index contributed by atoms with van der Waals surface area (Å²) in [5.41, 5.74) is 5.74. The molecular weight excluding hydrogens is 230 g/mol. The molecule has 1 heterocycles. The molecule has 18 heavy (non-hydrogen) atoms. The van der Waals surface area contributed by atoms with E-state index in [1.54, 1.807) is 0 Å². The van der Waals surface area contributed by atoms with E-state index in [0.717, 1.165) is 32.4 Å². The van der Waals surface area contributed by atoms with E-state index in [4.69, 9.17) is 15.7 Å². The maximum atomic E-state index is 8.79. The van der Waals surface area contributed by atoms with Crippen molar-refractivity contribution in [3.05, 3.63) is 0 Å². The zero-order valence-corrected chi connectivity index (χ0v) is 11.2. The van der Waals surface area contributed by atoms with Crippen molar-refractivity contribution in [1.82, 2.24) is 4.90 Å². The SMILES string of the molecule is COC1CCCC(N2CCCC(C(N)=NO)C2)C1. The van der Waals surface area contributed by atoms with E-state index < -0.39 is 0 Å². The molecule has 5 nitrogen and oxygen atoms in total. The zero-order valence-electron chi connectivity index (χ0n) is 11.2. The first-order valence-electron chi connectivity index (χ1n) is 6.99. The Morgan fingerprint density at radius 3 is 2.89 bits per heavy atom. The third-order valence-electron chi connectivity index (χ3n) is 4.43. The van der Waals surface area contributed by atoms with Gasteiger partial charge in [-0.1, -0.05) is 5.16 Å². The molecule has 0 amide bonds. The number of likely N-dealkylation sites (tertiary alicyclic amines) is 1. The van der Waals surface area contributed by atoms with E-state index in [1.165, 1.54) is 19.3 Å². The molecule has 0 aromatic heterocycles. The number of oxime groups is 1. The fourth-order valence-electron chi connectivity index (χ4n) is 3.33. The normalized spacial score (nSPS) is 35.6. The third kappa shape index (κ3) is 3.14. The van der Waals surface area contributed by atoms with Gasteiger partial charge >= 0.3 is 0 Å². The molecule has 2 fully saturated rings. The van der Waals surface area contributed by atoms with E-state index in [-0.39, 0.29) is 5.92 Å². The molecule has 0 aromatic rings. The summed E-state index contributed by atoms with van der Waals surface area (Å²) in [6, 6.07) is 0.609. The van der Waals surface area contributed by atoms with Crippen molar-refractivity contribution < 1.29 is 9.94 Å². The predicted octanol–water partition coefficient (Wildman–Crippen LogP) is 1.40. The summed E-state index contributed by atoms with van der Waals surface area (Å²) in [4.78, 5) is 2.51. The number of hydrogen-bond acceptors (Lipinski definition) is 4. The minimum Gasteiger partial charge on any atom is -0.409 e. The Kier molecular flexibility index (Phi) is 4.83. The summed E-state index contributed by atoms with van der Waals surface area (Å²) in [5, 5.41) is 12.0. The van der Waals surface area contributed by atoms with Crippen LogP contribution >= 0.6 is 0 Å². The van der Waals surface area contributed by atoms with Gasteiger partial charge in [-0.2, -0.15) is 0 Å². The molecule has 1 aliphatic heterocycles. The lowest BCUT2D eigenvalue weighted by Gasteiger charge is -2.41. The van der Waals surface area contributed by atoms with Crippen LogP contribution in [0.1, 0.15) is 38.5 Å². The van der Waals surface area contributed by atoms with Crippen LogP contribution in [0.3, 0.4) is 0 Å². The van der Waals surface area contributed by atoms with Gasteiger partial charge in [0, 0.05) is 25.6 Å². The number of rotatable bonds is 3. The van der Waals surface area contributed by atoms with Crippen LogP contribution in [-0.2, 0) is 4.74 Å². The maximum absolute atomic E-state index is 8.79. The summed E-state index contributed by atoms with van der Waals surface area (Å²) < 4.78 is 5.49. The second-order valence-electron chi connectivity index (χ2n) is 5.54. The number of ether oxygens (including phenoxy) is 1. The second-order valence-corrected chi connectivity index (χ2v) is 5.54. The molecule has 1 saturated heterocycles. The van der Waals surface area contributed by atoms with Gasteiger partial charge in [0.15, 0.2) is 0 Å². The number of amidine groups is 1. The number of nitrogens with zero attached hydrogens (tertiary/aromatic N) is 2. The number of piperidine rings is 1. The van der Waals surface area contributed by atoms with Gasteiger partial charge in [-0.25, -0.2) is 0 Å². The average Bonchev–Trinajstić information content (AvgIpc) is 2.46. The molecule has 0 radical (unpaired) electrons. The highest BCUT2D eigenvalue weighted by atomic mass is 16.5. The molecule has 2 aliphatic rings. The van der Waals surface area contributed by atoms with Crippen molar-refractivity contribution in [1.29, 1.82) is 0 Å². The van der Waals surface area contributed by atoms with Crippen LogP contribution in [0.2, 0.25) is 0 Å². The average molecular weight is 255 g/mol. The fourth-order valence-corrected chi connectivity index (χ4v) is 3.33. The van der Waals surface area contributed by atoms with Crippen molar-refractivity contribution in [2.75, 3.05) is 20.2 Å². The van der Waals surface area contributed by atoms with Crippen molar-refractivity contribution in [2.24, 2.45) is 16.8 Å². The first-order valence-corrected chi connectivity index (χ1v) is 6.99. The highest BCUT2D eigenvalue weighted by Gasteiger charge is 2.31. The second kappa shape index (κ2) is 6.38. The van der Waals surface area contributed by atoms with Gasteiger partial charge in [-0.15, -0.1) is 0 Å². The van der Waals surface area contributed by atoms with Crippen LogP contribution in [0, 0.1) is 5.92 Å². The summed E-state index contributed by atoms with van der Waals surface area (Å²) >= 11 is 0. The molecular formula is C13H25N3O2. The van der Waals surface area contributed by atoms with Crippen molar-refractivity contribution in [3.63, 3.8) is 0 Å². The number of nitrogens with two attached hydrogens (primary N) is 1. The summed E-state index contributed by atoms with van der Waals surface area (Å²) in [6.07, 6.45) is 7.38. The highest BCUT2D eigenvalue weighted by molar-refractivity contribution is 5.82. The Morgan fingerprint density at radius 1 is 1.33 bits per heavy atom. The standard InChI is InChI=1S/C13H25N3O2/c1-18-12-6-2-5-11(8-12)16-7-3-4-10(9-16)13(14)15-17/h10-12,17H,2-9H2,1H3,(H2,14,15). The third-order valence-corrected chi connectivity index (χ3v) is 4.43. The zero-order chi connectivity index (χ0) is 13.0. The monoisotopic (exact) mass is 255 g/mol. The Labute approximate surface area is 109 Å². The fraction of sp³-hybridized carbons (Fsp3) is 0.923. The lowest BCUT2D eigenvalue weighted by Crippen LogP contribution is -2.48. The molecule has 0 bridgehead atoms. The Morgan fingerprint density at radius 2 is 2.17 bits per heavy atom. The molecule has 0 spiro atoms. The first kappa shape index (κ1) is 13.6. The molecule has 3 unspecified atom stereocenters. The van der Waals surface area contributed by atoms with E-state index in [0.29, 0.717) is 18.0 Å². The summed E-state index contributed by atoms with van der Waals surface area (Å²) in [7, 11) is 1.81. The molecule has 3 N–H and O–H groups in total. The summed E-state index contributed by atoms with van der Waals surface area (Å²) in [6.45, 7) is 2.06. The van der Waals surface area contributed by atoms with E-state index in [1.807, 2.05) is 7.11 Å². The molecule has 1 saturated carbocycles. The van der Waals surface area contributed by atoms with E-state index in [9.17, 15) is 0 Å². The van der Waals surface area contributed by atoms with Gasteiger partial charge in [-0.05, 0) is 45.1 Å². The van der Waals surface area contributed by atoms with Crippen LogP contribution in [0.25, 0.3) is 0 Å². The Bertz CT molecular complexity index is 296. The minimum atomic E-state index is 0.215. The largest absolute Gasteiger partial charge is 0.409 e. The molecule has 2 rings (SSSR count). The van der Waals surface area contributed by atoms with Crippen molar-refractivity contribution in [3.8, 4) is 0 Å². The predicted molar refractivity (Wildman–Crippen MR) is 70.8 cm³/mol.